The first kappa shape index (κ1) is 17.0. The normalized spacial score (nSPS) is 30.9. The van der Waals surface area contributed by atoms with Crippen LogP contribution in [0.5, 0.6) is 0 Å². The molecule has 1 heterocycles. The molecular formula is C19H27N3O2. The van der Waals surface area contributed by atoms with E-state index in [1.54, 1.807) is 11.9 Å². The van der Waals surface area contributed by atoms with Crippen LogP contribution < -0.4 is 11.1 Å². The van der Waals surface area contributed by atoms with Gasteiger partial charge in [0, 0.05) is 25.6 Å². The third-order valence-electron chi connectivity index (χ3n) is 5.46. The van der Waals surface area contributed by atoms with Gasteiger partial charge in [0.15, 0.2) is 0 Å². The molecule has 2 unspecified atom stereocenters. The van der Waals surface area contributed by atoms with Gasteiger partial charge in [-0.15, -0.1) is 0 Å². The molecule has 1 aromatic carbocycles. The molecule has 1 saturated heterocycles. The van der Waals surface area contributed by atoms with Crippen LogP contribution in [0.15, 0.2) is 30.3 Å². The Kier molecular flexibility index (Phi) is 5.19. The molecule has 1 aromatic rings. The molecule has 5 heteroatoms. The molecule has 1 saturated carbocycles. The summed E-state index contributed by atoms with van der Waals surface area (Å²) in [5, 5.41) is 3.21. The fourth-order valence-corrected chi connectivity index (χ4v) is 3.99. The maximum Gasteiger partial charge on any atom is 0.225 e. The minimum absolute atomic E-state index is 0.0728. The zero-order chi connectivity index (χ0) is 17.1. The average Bonchev–Trinajstić information content (AvgIpc) is 2.60. The maximum absolute atomic E-state index is 12.9. The van der Waals surface area contributed by atoms with Crippen molar-refractivity contribution in [2.24, 2.45) is 11.7 Å². The van der Waals surface area contributed by atoms with Crippen LogP contribution in [0.2, 0.25) is 0 Å². The molecule has 2 fully saturated rings. The molecule has 0 bridgehead atoms. The molecule has 130 valence electrons. The molecule has 3 N–H and O–H groups in total. The zero-order valence-corrected chi connectivity index (χ0v) is 14.3. The van der Waals surface area contributed by atoms with Crippen LogP contribution in [-0.4, -0.2) is 35.8 Å². The summed E-state index contributed by atoms with van der Waals surface area (Å²) in [5.41, 5.74) is 6.97. The van der Waals surface area contributed by atoms with Crippen molar-refractivity contribution >= 4 is 11.8 Å². The minimum atomic E-state index is -0.189. The number of nitrogens with one attached hydrogen (secondary N) is 1. The first-order valence-electron chi connectivity index (χ1n) is 8.93. The van der Waals surface area contributed by atoms with Gasteiger partial charge in [0.25, 0.3) is 0 Å². The quantitative estimate of drug-likeness (QED) is 0.890. The van der Waals surface area contributed by atoms with Crippen molar-refractivity contribution in [2.45, 2.75) is 56.7 Å². The number of nitrogens with zero attached hydrogens (tertiary/aromatic N) is 1. The van der Waals surface area contributed by atoms with E-state index in [9.17, 15) is 9.59 Å². The number of hydrogen-bond donors (Lipinski definition) is 2. The zero-order valence-electron chi connectivity index (χ0n) is 14.3. The van der Waals surface area contributed by atoms with Crippen LogP contribution in [0.3, 0.4) is 0 Å². The highest BCUT2D eigenvalue weighted by Gasteiger charge is 2.39. The molecule has 3 rings (SSSR count). The smallest absolute Gasteiger partial charge is 0.225 e. The predicted octanol–water partition coefficient (Wildman–Crippen LogP) is 1.98. The fraction of sp³-hybridized carbons (Fsp3) is 0.579. The van der Waals surface area contributed by atoms with Gasteiger partial charge >= 0.3 is 0 Å². The third-order valence-corrected chi connectivity index (χ3v) is 5.46. The summed E-state index contributed by atoms with van der Waals surface area (Å²) in [6.45, 7) is 0. The standard InChI is InChI=1S/C19H27N3O2/c1-22-17(23)12-11-16(18(22)13-5-3-2-4-6-13)19(24)21-15-9-7-14(20)8-10-15/h2-6,14-16,18H,7-12,20H2,1H3,(H,21,24). The van der Waals surface area contributed by atoms with Crippen LogP contribution in [0.1, 0.15) is 50.1 Å². The number of amides is 2. The molecule has 24 heavy (non-hydrogen) atoms. The van der Waals surface area contributed by atoms with Crippen LogP contribution in [0, 0.1) is 5.92 Å². The van der Waals surface area contributed by atoms with Gasteiger partial charge < -0.3 is 16.0 Å². The van der Waals surface area contributed by atoms with Crippen molar-refractivity contribution in [3.63, 3.8) is 0 Å². The molecular weight excluding hydrogens is 302 g/mol. The number of carbonyl (C=O) groups is 2. The van der Waals surface area contributed by atoms with Crippen molar-refractivity contribution in [3.8, 4) is 0 Å². The molecule has 2 aliphatic rings. The largest absolute Gasteiger partial charge is 0.353 e. The number of carbonyl (C=O) groups excluding carboxylic acids is 2. The summed E-state index contributed by atoms with van der Waals surface area (Å²) in [4.78, 5) is 26.8. The second kappa shape index (κ2) is 7.34. The molecule has 0 radical (unpaired) electrons. The van der Waals surface area contributed by atoms with E-state index in [1.165, 1.54) is 0 Å². The fourth-order valence-electron chi connectivity index (χ4n) is 3.99. The topological polar surface area (TPSA) is 75.4 Å². The highest BCUT2D eigenvalue weighted by atomic mass is 16.2. The summed E-state index contributed by atoms with van der Waals surface area (Å²) in [7, 11) is 1.80. The summed E-state index contributed by atoms with van der Waals surface area (Å²) in [6.07, 6.45) is 4.88. The summed E-state index contributed by atoms with van der Waals surface area (Å²) in [5.74, 6) is -0.00841. The number of hydrogen-bond acceptors (Lipinski definition) is 3. The summed E-state index contributed by atoms with van der Waals surface area (Å²) >= 11 is 0. The third kappa shape index (κ3) is 3.61. The number of piperidine rings is 1. The second-order valence-electron chi connectivity index (χ2n) is 7.13. The van der Waals surface area contributed by atoms with E-state index < -0.39 is 0 Å². The molecule has 1 aliphatic heterocycles. The van der Waals surface area contributed by atoms with Gasteiger partial charge in [0.2, 0.25) is 11.8 Å². The van der Waals surface area contributed by atoms with E-state index in [-0.39, 0.29) is 35.9 Å². The highest BCUT2D eigenvalue weighted by molar-refractivity contribution is 5.85. The van der Waals surface area contributed by atoms with Crippen molar-refractivity contribution in [1.82, 2.24) is 10.2 Å². The van der Waals surface area contributed by atoms with Crippen LogP contribution in [0.4, 0.5) is 0 Å². The van der Waals surface area contributed by atoms with Crippen molar-refractivity contribution in [1.29, 1.82) is 0 Å². The van der Waals surface area contributed by atoms with E-state index >= 15 is 0 Å². The van der Waals surface area contributed by atoms with Gasteiger partial charge in [-0.2, -0.15) is 0 Å². The van der Waals surface area contributed by atoms with Crippen LogP contribution >= 0.6 is 0 Å². The van der Waals surface area contributed by atoms with Gasteiger partial charge in [-0.05, 0) is 37.7 Å². The van der Waals surface area contributed by atoms with Gasteiger partial charge in [-0.3, -0.25) is 9.59 Å². The Labute approximate surface area is 143 Å². The highest BCUT2D eigenvalue weighted by Crippen LogP contribution is 2.36. The van der Waals surface area contributed by atoms with Gasteiger partial charge in [0.05, 0.1) is 12.0 Å². The molecule has 0 spiro atoms. The van der Waals surface area contributed by atoms with Gasteiger partial charge in [0.1, 0.15) is 0 Å². The Morgan fingerprint density at radius 2 is 1.79 bits per heavy atom. The van der Waals surface area contributed by atoms with E-state index in [4.69, 9.17) is 5.73 Å². The Hall–Kier alpha value is -1.88. The van der Waals surface area contributed by atoms with E-state index in [0.29, 0.717) is 12.8 Å². The Morgan fingerprint density at radius 1 is 1.12 bits per heavy atom. The minimum Gasteiger partial charge on any atom is -0.353 e. The van der Waals surface area contributed by atoms with Crippen LogP contribution in [0.25, 0.3) is 0 Å². The van der Waals surface area contributed by atoms with Crippen molar-refractivity contribution in [2.75, 3.05) is 7.05 Å². The van der Waals surface area contributed by atoms with E-state index in [0.717, 1.165) is 31.2 Å². The van der Waals surface area contributed by atoms with Gasteiger partial charge in [-0.25, -0.2) is 0 Å². The monoisotopic (exact) mass is 329 g/mol. The van der Waals surface area contributed by atoms with Crippen molar-refractivity contribution < 1.29 is 9.59 Å². The Morgan fingerprint density at radius 3 is 2.46 bits per heavy atom. The lowest BCUT2D eigenvalue weighted by Gasteiger charge is -2.39. The second-order valence-corrected chi connectivity index (χ2v) is 7.13. The number of likely N-dealkylation sites (tertiary alicyclic amines) is 1. The first-order chi connectivity index (χ1) is 11.6. The molecule has 0 aromatic heterocycles. The first-order valence-corrected chi connectivity index (χ1v) is 8.93. The lowest BCUT2D eigenvalue weighted by Crippen LogP contribution is -2.49. The molecule has 5 nitrogen and oxygen atoms in total. The van der Waals surface area contributed by atoms with Crippen molar-refractivity contribution in [3.05, 3.63) is 35.9 Å². The predicted molar refractivity (Wildman–Crippen MR) is 93.1 cm³/mol. The lowest BCUT2D eigenvalue weighted by molar-refractivity contribution is -0.142. The Balaban J connectivity index is 1.74. The van der Waals surface area contributed by atoms with E-state index in [2.05, 4.69) is 5.32 Å². The molecule has 2 atom stereocenters. The SMILES string of the molecule is CN1C(=O)CCC(C(=O)NC2CCC(N)CC2)C1c1ccccc1. The van der Waals surface area contributed by atoms with Crippen LogP contribution in [-0.2, 0) is 9.59 Å². The number of rotatable bonds is 3. The maximum atomic E-state index is 12.9. The summed E-state index contributed by atoms with van der Waals surface area (Å²) in [6, 6.07) is 10.2. The van der Waals surface area contributed by atoms with E-state index in [1.807, 2.05) is 30.3 Å². The average molecular weight is 329 g/mol. The molecule has 1 aliphatic carbocycles. The lowest BCUT2D eigenvalue weighted by atomic mass is 9.83. The molecule has 2 amide bonds. The number of nitrogens with two attached hydrogens (primary N) is 1. The Bertz CT molecular complexity index is 582. The number of benzene rings is 1. The van der Waals surface area contributed by atoms with Gasteiger partial charge in [-0.1, -0.05) is 30.3 Å². The summed E-state index contributed by atoms with van der Waals surface area (Å²) < 4.78 is 0.